The van der Waals surface area contributed by atoms with Gasteiger partial charge in [0.2, 0.25) is 0 Å². The average Bonchev–Trinajstić information content (AvgIpc) is 2.41. The minimum atomic E-state index is -4.46. The van der Waals surface area contributed by atoms with Crippen LogP contribution in [0.4, 0.5) is 13.2 Å². The van der Waals surface area contributed by atoms with E-state index >= 15 is 0 Å². The number of alkyl halides is 3. The maximum absolute atomic E-state index is 13.0. The van der Waals surface area contributed by atoms with Gasteiger partial charge in [0.1, 0.15) is 11.5 Å². The highest BCUT2D eigenvalue weighted by molar-refractivity contribution is 9.10. The fourth-order valence-electron chi connectivity index (χ4n) is 1.92. The normalized spacial score (nSPS) is 11.5. The lowest BCUT2D eigenvalue weighted by atomic mass is 10.1. The van der Waals surface area contributed by atoms with Crippen LogP contribution in [-0.2, 0) is 12.7 Å². The van der Waals surface area contributed by atoms with E-state index in [9.17, 15) is 13.2 Å². The van der Waals surface area contributed by atoms with Crippen molar-refractivity contribution in [3.05, 3.63) is 57.6 Å². The summed E-state index contributed by atoms with van der Waals surface area (Å²) in [6, 6.07) is 9.09. The molecule has 2 nitrogen and oxygen atoms in total. The molecule has 0 fully saturated rings. The largest absolute Gasteiger partial charge is 0.457 e. The smallest absolute Gasteiger partial charge is 0.416 e. The van der Waals surface area contributed by atoms with Gasteiger partial charge >= 0.3 is 6.18 Å². The molecule has 0 amide bonds. The SMILES string of the molecule is Cc1cc(Br)ccc1Oc1ccc(CN)c(C(F)(F)F)c1. The fraction of sp³-hybridized carbons (Fsp3) is 0.200. The molecule has 2 aromatic rings. The van der Waals surface area contributed by atoms with Crippen molar-refractivity contribution in [1.29, 1.82) is 0 Å². The first-order valence-electron chi connectivity index (χ1n) is 6.15. The molecule has 0 heterocycles. The van der Waals surface area contributed by atoms with E-state index in [2.05, 4.69) is 15.9 Å². The van der Waals surface area contributed by atoms with E-state index in [1.54, 1.807) is 12.1 Å². The van der Waals surface area contributed by atoms with Crippen LogP contribution in [0.1, 0.15) is 16.7 Å². The van der Waals surface area contributed by atoms with Gasteiger partial charge in [0.15, 0.2) is 0 Å². The van der Waals surface area contributed by atoms with Crippen molar-refractivity contribution in [3.8, 4) is 11.5 Å². The summed E-state index contributed by atoms with van der Waals surface area (Å²) in [7, 11) is 0. The number of benzene rings is 2. The first-order chi connectivity index (χ1) is 9.81. The van der Waals surface area contributed by atoms with Crippen LogP contribution >= 0.6 is 15.9 Å². The molecule has 0 saturated carbocycles. The lowest BCUT2D eigenvalue weighted by Crippen LogP contribution is -2.12. The summed E-state index contributed by atoms with van der Waals surface area (Å²) >= 11 is 3.32. The highest BCUT2D eigenvalue weighted by Gasteiger charge is 2.33. The third-order valence-electron chi connectivity index (χ3n) is 2.97. The van der Waals surface area contributed by atoms with Crippen molar-refractivity contribution in [3.63, 3.8) is 0 Å². The molecule has 0 aliphatic rings. The maximum atomic E-state index is 13.0. The molecule has 2 aromatic carbocycles. The van der Waals surface area contributed by atoms with E-state index < -0.39 is 11.7 Å². The second-order valence-electron chi connectivity index (χ2n) is 4.53. The van der Waals surface area contributed by atoms with Crippen molar-refractivity contribution < 1.29 is 17.9 Å². The Balaban J connectivity index is 2.37. The standard InChI is InChI=1S/C15H13BrF3NO/c1-9-6-11(16)3-5-14(9)21-12-4-2-10(8-20)13(7-12)15(17,18)19/h2-7H,8,20H2,1H3. The van der Waals surface area contributed by atoms with E-state index in [-0.39, 0.29) is 17.9 Å². The van der Waals surface area contributed by atoms with Gasteiger partial charge < -0.3 is 10.5 Å². The minimum absolute atomic E-state index is 0.0439. The van der Waals surface area contributed by atoms with Gasteiger partial charge in [-0.15, -0.1) is 0 Å². The van der Waals surface area contributed by atoms with Gasteiger partial charge in [-0.1, -0.05) is 22.0 Å². The highest BCUT2D eigenvalue weighted by atomic mass is 79.9. The third-order valence-corrected chi connectivity index (χ3v) is 3.46. The Kier molecular flexibility index (Phi) is 4.58. The number of halogens is 4. The van der Waals surface area contributed by atoms with Crippen LogP contribution in [-0.4, -0.2) is 0 Å². The molecule has 0 aliphatic heterocycles. The molecular formula is C15H13BrF3NO. The molecule has 0 atom stereocenters. The van der Waals surface area contributed by atoms with Crippen LogP contribution < -0.4 is 10.5 Å². The van der Waals surface area contributed by atoms with Gasteiger partial charge in [-0.2, -0.15) is 13.2 Å². The van der Waals surface area contributed by atoms with Gasteiger partial charge in [0, 0.05) is 11.0 Å². The van der Waals surface area contributed by atoms with Crippen molar-refractivity contribution in [2.45, 2.75) is 19.6 Å². The van der Waals surface area contributed by atoms with Crippen molar-refractivity contribution >= 4 is 15.9 Å². The Morgan fingerprint density at radius 3 is 2.43 bits per heavy atom. The molecule has 2 N–H and O–H groups in total. The number of aryl methyl sites for hydroxylation is 1. The number of hydrogen-bond acceptors (Lipinski definition) is 2. The number of ether oxygens (including phenoxy) is 1. The Morgan fingerprint density at radius 2 is 1.86 bits per heavy atom. The molecular weight excluding hydrogens is 347 g/mol. The van der Waals surface area contributed by atoms with Gasteiger partial charge in [0.05, 0.1) is 5.56 Å². The van der Waals surface area contributed by atoms with Crippen LogP contribution in [0.25, 0.3) is 0 Å². The third kappa shape index (κ3) is 3.77. The first-order valence-corrected chi connectivity index (χ1v) is 6.95. The summed E-state index contributed by atoms with van der Waals surface area (Å²) < 4.78 is 45.3. The molecule has 0 bridgehead atoms. The second kappa shape index (κ2) is 6.07. The van der Waals surface area contributed by atoms with Crippen molar-refractivity contribution in [1.82, 2.24) is 0 Å². The van der Waals surface area contributed by atoms with Crippen molar-refractivity contribution in [2.24, 2.45) is 5.73 Å². The first kappa shape index (κ1) is 15.9. The molecule has 0 aliphatic carbocycles. The van der Waals surface area contributed by atoms with Gasteiger partial charge in [-0.05, 0) is 48.4 Å². The monoisotopic (exact) mass is 359 g/mol. The molecule has 0 radical (unpaired) electrons. The van der Waals surface area contributed by atoms with E-state index in [0.717, 1.165) is 16.1 Å². The predicted molar refractivity (Wildman–Crippen MR) is 78.3 cm³/mol. The average molecular weight is 360 g/mol. The lowest BCUT2D eigenvalue weighted by molar-refractivity contribution is -0.138. The maximum Gasteiger partial charge on any atom is 0.416 e. The summed E-state index contributed by atoms with van der Waals surface area (Å²) in [6.45, 7) is 1.64. The molecule has 0 spiro atoms. The van der Waals surface area contributed by atoms with Gasteiger partial charge in [0.25, 0.3) is 0 Å². The predicted octanol–water partition coefficient (Wildman–Crippen LogP) is 5.03. The molecule has 112 valence electrons. The number of hydrogen-bond donors (Lipinski definition) is 1. The van der Waals surface area contributed by atoms with Gasteiger partial charge in [-0.25, -0.2) is 0 Å². The zero-order valence-electron chi connectivity index (χ0n) is 11.2. The van der Waals surface area contributed by atoms with Gasteiger partial charge in [-0.3, -0.25) is 0 Å². The van der Waals surface area contributed by atoms with Crippen LogP contribution in [0, 0.1) is 6.92 Å². The molecule has 21 heavy (non-hydrogen) atoms. The Bertz CT molecular complexity index is 656. The van der Waals surface area contributed by atoms with Crippen molar-refractivity contribution in [2.75, 3.05) is 0 Å². The molecule has 2 rings (SSSR count). The molecule has 6 heteroatoms. The fourth-order valence-corrected chi connectivity index (χ4v) is 2.39. The lowest BCUT2D eigenvalue weighted by Gasteiger charge is -2.15. The summed E-state index contributed by atoms with van der Waals surface area (Å²) in [6.07, 6.45) is -4.46. The van der Waals surface area contributed by atoms with E-state index in [1.807, 2.05) is 13.0 Å². The number of nitrogens with two attached hydrogens (primary N) is 1. The quantitative estimate of drug-likeness (QED) is 0.834. The number of rotatable bonds is 3. The van der Waals surface area contributed by atoms with Crippen LogP contribution in [0.3, 0.4) is 0 Å². The van der Waals surface area contributed by atoms with Crippen LogP contribution in [0.2, 0.25) is 0 Å². The minimum Gasteiger partial charge on any atom is -0.457 e. The van der Waals surface area contributed by atoms with Crippen LogP contribution in [0.15, 0.2) is 40.9 Å². The Labute approximate surface area is 128 Å². The molecule has 0 aromatic heterocycles. The van der Waals surface area contributed by atoms with Crippen LogP contribution in [0.5, 0.6) is 11.5 Å². The second-order valence-corrected chi connectivity index (χ2v) is 5.45. The summed E-state index contributed by atoms with van der Waals surface area (Å²) in [5.41, 5.74) is 5.44. The zero-order valence-corrected chi connectivity index (χ0v) is 12.8. The molecule has 0 unspecified atom stereocenters. The Hall–Kier alpha value is -1.53. The topological polar surface area (TPSA) is 35.2 Å². The van der Waals surface area contributed by atoms with E-state index in [1.165, 1.54) is 12.1 Å². The van der Waals surface area contributed by atoms with E-state index in [4.69, 9.17) is 10.5 Å². The summed E-state index contributed by atoms with van der Waals surface area (Å²) in [4.78, 5) is 0. The Morgan fingerprint density at radius 1 is 1.14 bits per heavy atom. The molecule has 0 saturated heterocycles. The zero-order chi connectivity index (χ0) is 15.6. The summed E-state index contributed by atoms with van der Waals surface area (Å²) in [5, 5.41) is 0. The summed E-state index contributed by atoms with van der Waals surface area (Å²) in [5.74, 6) is 0.636. The highest BCUT2D eigenvalue weighted by Crippen LogP contribution is 2.36. The van der Waals surface area contributed by atoms with E-state index in [0.29, 0.717) is 5.75 Å².